The highest BCUT2D eigenvalue weighted by Gasteiger charge is 2.16. The topological polar surface area (TPSA) is 90.0 Å². The summed E-state index contributed by atoms with van der Waals surface area (Å²) in [4.78, 5) is 0. The number of aliphatic hydroxyl groups is 2. The van der Waals surface area contributed by atoms with Crippen molar-refractivity contribution in [2.24, 2.45) is 5.73 Å². The number of allylic oxidation sites excluding steroid dienone is 3. The van der Waals surface area contributed by atoms with Gasteiger partial charge in [0.2, 0.25) is 0 Å². The van der Waals surface area contributed by atoms with Crippen molar-refractivity contribution < 1.29 is 19.8 Å². The van der Waals surface area contributed by atoms with Crippen LogP contribution in [0.5, 0.6) is 0 Å². The van der Waals surface area contributed by atoms with Crippen molar-refractivity contribution in [1.29, 1.82) is 0 Å². The molecule has 2 rings (SSSR count). The van der Waals surface area contributed by atoms with Gasteiger partial charge in [-0.1, -0.05) is 30.3 Å². The number of nitrogens with two attached hydrogens (primary N) is 1. The van der Waals surface area contributed by atoms with Crippen LogP contribution in [0.4, 0.5) is 4.39 Å². The number of hydrogen-bond donors (Lipinski definition) is 4. The van der Waals surface area contributed by atoms with Gasteiger partial charge in [-0.25, -0.2) is 7.67 Å². The van der Waals surface area contributed by atoms with Crippen molar-refractivity contribution in [2.45, 2.75) is 12.1 Å². The van der Waals surface area contributed by atoms with E-state index in [1.165, 1.54) is 0 Å². The molecule has 2 atom stereocenters. The lowest BCUT2D eigenvalue weighted by Gasteiger charge is -2.16. The fourth-order valence-corrected chi connectivity index (χ4v) is 3.72. The van der Waals surface area contributed by atoms with Crippen LogP contribution in [0.25, 0.3) is 5.57 Å². The van der Waals surface area contributed by atoms with Gasteiger partial charge >= 0.3 is 0 Å². The standard InChI is InChI=1S/C15H18FIN2O3/c16-7-14(18)15(21)11-3-1-10(2-4-11)12-5-6-13(9-20)19(22)17-8-12/h1-6,8,14-15,20-22H,7,9,18H2/t14-,15-/m1/s1. The van der Waals surface area contributed by atoms with Gasteiger partial charge in [0.1, 0.15) is 6.67 Å². The Bertz CT molecular complexity index is 601. The first-order valence-electron chi connectivity index (χ1n) is 6.64. The molecule has 7 heteroatoms. The number of halogens is 2. The van der Waals surface area contributed by atoms with Crippen molar-refractivity contribution in [3.63, 3.8) is 0 Å². The molecule has 5 N–H and O–H groups in total. The van der Waals surface area contributed by atoms with Crippen molar-refractivity contribution >= 4 is 30.6 Å². The molecule has 1 heterocycles. The smallest absolute Gasteiger partial charge is 0.107 e. The fraction of sp³-hybridized carbons (Fsp3) is 0.267. The first-order chi connectivity index (χ1) is 10.6. The summed E-state index contributed by atoms with van der Waals surface area (Å²) in [6, 6.07) is 6.12. The summed E-state index contributed by atoms with van der Waals surface area (Å²) >= 11 is -0.774. The Hall–Kier alpha value is -1.13. The van der Waals surface area contributed by atoms with Crippen molar-refractivity contribution in [1.82, 2.24) is 3.28 Å². The first kappa shape index (κ1) is 17.2. The molecular weight excluding hydrogens is 402 g/mol. The monoisotopic (exact) mass is 420 g/mol. The Morgan fingerprint density at radius 3 is 2.50 bits per heavy atom. The maximum atomic E-state index is 12.5. The summed E-state index contributed by atoms with van der Waals surface area (Å²) in [7, 11) is 0. The maximum absolute atomic E-state index is 12.5. The van der Waals surface area contributed by atoms with Crippen LogP contribution >= 0.6 is 21.0 Å². The second-order valence-electron chi connectivity index (χ2n) is 4.79. The third-order valence-corrected chi connectivity index (χ3v) is 5.38. The van der Waals surface area contributed by atoms with E-state index in [1.807, 2.05) is 22.2 Å². The molecule has 22 heavy (non-hydrogen) atoms. The molecule has 0 bridgehead atoms. The number of rotatable bonds is 5. The summed E-state index contributed by atoms with van der Waals surface area (Å²) < 4.78 is 15.5. The van der Waals surface area contributed by atoms with E-state index in [0.717, 1.165) is 14.4 Å². The molecule has 1 aliphatic rings. The number of nitrogens with zero attached hydrogens (tertiary/aromatic N) is 1. The molecule has 0 saturated heterocycles. The SMILES string of the molecule is N[C@H](CF)[C@H](O)c1ccc(C2=CC=C(CO)N(O)I=C2)cc1. The number of aliphatic hydroxyl groups excluding tert-OH is 2. The highest BCUT2D eigenvalue weighted by molar-refractivity contribution is 14.2. The van der Waals surface area contributed by atoms with Crippen LogP contribution in [0.1, 0.15) is 17.2 Å². The molecule has 1 aromatic rings. The summed E-state index contributed by atoms with van der Waals surface area (Å²) in [6.07, 6.45) is 2.45. The third kappa shape index (κ3) is 3.99. The molecule has 0 aliphatic carbocycles. The van der Waals surface area contributed by atoms with Gasteiger partial charge in [-0.3, -0.25) is 5.21 Å². The average molecular weight is 420 g/mol. The minimum absolute atomic E-state index is 0.222. The van der Waals surface area contributed by atoms with Crippen molar-refractivity contribution in [3.05, 3.63) is 53.2 Å². The number of hydrogen-bond acceptors (Lipinski definition) is 5. The second kappa shape index (κ2) is 7.93. The van der Waals surface area contributed by atoms with Crippen LogP contribution in [0.2, 0.25) is 0 Å². The Kier molecular flexibility index (Phi) is 6.21. The molecule has 5 nitrogen and oxygen atoms in total. The largest absolute Gasteiger partial charge is 0.390 e. The van der Waals surface area contributed by atoms with Crippen LogP contribution in [-0.4, -0.2) is 42.0 Å². The van der Waals surface area contributed by atoms with E-state index in [9.17, 15) is 14.7 Å². The van der Waals surface area contributed by atoms with Crippen molar-refractivity contribution in [3.8, 4) is 0 Å². The van der Waals surface area contributed by atoms with Gasteiger partial charge < -0.3 is 15.9 Å². The van der Waals surface area contributed by atoms with Crippen LogP contribution in [-0.2, 0) is 0 Å². The van der Waals surface area contributed by atoms with E-state index < -0.39 is 39.8 Å². The van der Waals surface area contributed by atoms with E-state index in [-0.39, 0.29) is 6.61 Å². The molecule has 0 radical (unpaired) electrons. The van der Waals surface area contributed by atoms with Gasteiger partial charge in [0.05, 0.1) is 24.4 Å². The number of benzene rings is 1. The molecule has 0 aromatic heterocycles. The third-order valence-electron chi connectivity index (χ3n) is 3.28. The zero-order chi connectivity index (χ0) is 16.1. The minimum atomic E-state index is -1.03. The Balaban J connectivity index is 2.22. The van der Waals surface area contributed by atoms with Gasteiger partial charge in [0.15, 0.2) is 0 Å². The normalized spacial score (nSPS) is 18.0. The summed E-state index contributed by atoms with van der Waals surface area (Å²) in [5.74, 6) is 0. The van der Waals surface area contributed by atoms with Gasteiger partial charge in [-0.15, -0.1) is 0 Å². The molecule has 0 fully saturated rings. The van der Waals surface area contributed by atoms with Crippen LogP contribution < -0.4 is 5.73 Å². The molecule has 0 unspecified atom stereocenters. The highest BCUT2D eigenvalue weighted by atomic mass is 127. The summed E-state index contributed by atoms with van der Waals surface area (Å²) in [5, 5.41) is 28.8. The van der Waals surface area contributed by atoms with Crippen molar-refractivity contribution in [2.75, 3.05) is 13.3 Å². The second-order valence-corrected chi connectivity index (χ2v) is 6.88. The van der Waals surface area contributed by atoms with Gasteiger partial charge in [0, 0.05) is 21.0 Å². The van der Waals surface area contributed by atoms with E-state index in [0.29, 0.717) is 11.3 Å². The molecule has 0 spiro atoms. The predicted octanol–water partition coefficient (Wildman–Crippen LogP) is 1.67. The summed E-state index contributed by atoms with van der Waals surface area (Å²) in [6.45, 7) is -1.01. The number of alkyl halides is 1. The van der Waals surface area contributed by atoms with E-state index in [1.54, 1.807) is 18.2 Å². The van der Waals surface area contributed by atoms with E-state index in [4.69, 9.17) is 10.8 Å². The van der Waals surface area contributed by atoms with Crippen LogP contribution in [0, 0.1) is 0 Å². The zero-order valence-electron chi connectivity index (χ0n) is 11.7. The number of hydroxylamine groups is 1. The average Bonchev–Trinajstić information content (AvgIpc) is 2.75. The van der Waals surface area contributed by atoms with Gasteiger partial charge in [-0.05, 0) is 26.8 Å². The lowest BCUT2D eigenvalue weighted by atomic mass is 9.99. The van der Waals surface area contributed by atoms with Crippen LogP contribution in [0.3, 0.4) is 0 Å². The molecule has 1 aliphatic heterocycles. The minimum Gasteiger partial charge on any atom is -0.390 e. The quantitative estimate of drug-likeness (QED) is 0.430. The van der Waals surface area contributed by atoms with Gasteiger partial charge in [0.25, 0.3) is 0 Å². The van der Waals surface area contributed by atoms with Gasteiger partial charge in [-0.2, -0.15) is 0 Å². The summed E-state index contributed by atoms with van der Waals surface area (Å²) in [5.41, 5.74) is 8.35. The van der Waals surface area contributed by atoms with E-state index >= 15 is 0 Å². The Labute approximate surface area is 138 Å². The first-order valence-corrected chi connectivity index (χ1v) is 8.85. The molecular formula is C15H18FIN2O3. The lowest BCUT2D eigenvalue weighted by Crippen LogP contribution is -2.30. The molecule has 120 valence electrons. The molecule has 1 aromatic carbocycles. The predicted molar refractivity (Wildman–Crippen MR) is 92.2 cm³/mol. The Morgan fingerprint density at radius 1 is 1.23 bits per heavy atom. The Morgan fingerprint density at radius 2 is 1.91 bits per heavy atom. The highest BCUT2D eigenvalue weighted by Crippen LogP contribution is 2.24. The lowest BCUT2D eigenvalue weighted by molar-refractivity contribution is 0.0633. The fourth-order valence-electron chi connectivity index (χ4n) is 1.92. The zero-order valence-corrected chi connectivity index (χ0v) is 13.9. The van der Waals surface area contributed by atoms with E-state index in [2.05, 4.69) is 0 Å². The molecule has 0 amide bonds. The molecule has 0 saturated carbocycles. The maximum Gasteiger partial charge on any atom is 0.107 e. The van der Waals surface area contributed by atoms with Crippen LogP contribution in [0.15, 0.2) is 42.1 Å².